The van der Waals surface area contributed by atoms with Crippen molar-refractivity contribution in [1.82, 2.24) is 0 Å². The van der Waals surface area contributed by atoms with Gasteiger partial charge >= 0.3 is 23.1 Å². The standard InChI is InChI=1S/C13H8F3O.BrH.Mg/c14-10-6-7-11(13(16)12(10)15)17-8-9-4-2-1-3-5-9;;/h1-2,4-7H,8H2;1H;/q-1;;+2/p-1. The Morgan fingerprint density at radius 2 is 1.79 bits per heavy atom. The predicted octanol–water partition coefficient (Wildman–Crippen LogP) is 0.106. The van der Waals surface area contributed by atoms with Crippen LogP contribution >= 0.6 is 0 Å². The van der Waals surface area contributed by atoms with Gasteiger partial charge in [-0.1, -0.05) is 0 Å². The summed E-state index contributed by atoms with van der Waals surface area (Å²) in [5.41, 5.74) is 0.761. The first-order valence-corrected chi connectivity index (χ1v) is 4.90. The molecule has 0 aliphatic heterocycles. The minimum absolute atomic E-state index is 0. The van der Waals surface area contributed by atoms with Crippen LogP contribution in [-0.4, -0.2) is 23.1 Å². The summed E-state index contributed by atoms with van der Waals surface area (Å²) in [6.07, 6.45) is 0. The molecule has 96 valence electrons. The van der Waals surface area contributed by atoms with E-state index in [9.17, 15) is 13.2 Å². The number of rotatable bonds is 3. The molecule has 0 aromatic heterocycles. The molecule has 0 radical (unpaired) electrons. The monoisotopic (exact) mass is 340 g/mol. The van der Waals surface area contributed by atoms with E-state index in [0.717, 1.165) is 17.7 Å². The van der Waals surface area contributed by atoms with Gasteiger partial charge in [-0.15, -0.1) is 5.56 Å². The molecule has 0 spiro atoms. The molecule has 0 fully saturated rings. The molecule has 0 unspecified atom stereocenters. The third kappa shape index (κ3) is 4.70. The number of hydrogen-bond acceptors (Lipinski definition) is 1. The van der Waals surface area contributed by atoms with Crippen molar-refractivity contribution in [3.05, 3.63) is 65.5 Å². The van der Waals surface area contributed by atoms with Gasteiger partial charge in [0.05, 0.1) is 6.61 Å². The molecule has 0 N–H and O–H groups in total. The van der Waals surface area contributed by atoms with E-state index in [-0.39, 0.29) is 52.4 Å². The summed E-state index contributed by atoms with van der Waals surface area (Å²) < 4.78 is 43.8. The number of benzene rings is 2. The Balaban J connectivity index is 0.00000162. The van der Waals surface area contributed by atoms with E-state index in [2.05, 4.69) is 6.07 Å². The first-order chi connectivity index (χ1) is 8.18. The van der Waals surface area contributed by atoms with Crippen molar-refractivity contribution >= 4 is 23.1 Å². The smallest absolute Gasteiger partial charge is 1.00 e. The van der Waals surface area contributed by atoms with E-state index in [0.29, 0.717) is 0 Å². The molecule has 1 nitrogen and oxygen atoms in total. The zero-order valence-corrected chi connectivity index (χ0v) is 12.8. The summed E-state index contributed by atoms with van der Waals surface area (Å²) >= 11 is 0. The van der Waals surface area contributed by atoms with Crippen LogP contribution in [0.15, 0.2) is 36.4 Å². The number of hydrogen-bond donors (Lipinski definition) is 0. The normalized spacial score (nSPS) is 9.21. The summed E-state index contributed by atoms with van der Waals surface area (Å²) in [7, 11) is 0. The fraction of sp³-hybridized carbons (Fsp3) is 0.0769. The molecule has 0 bridgehead atoms. The average molecular weight is 341 g/mol. The second-order valence-electron chi connectivity index (χ2n) is 3.37. The Morgan fingerprint density at radius 3 is 2.42 bits per heavy atom. The fourth-order valence-corrected chi connectivity index (χ4v) is 1.30. The van der Waals surface area contributed by atoms with Gasteiger partial charge in [0, 0.05) is 0 Å². The Kier molecular flexibility index (Phi) is 8.13. The largest absolute Gasteiger partial charge is 2.00 e. The van der Waals surface area contributed by atoms with Gasteiger partial charge in [0.1, 0.15) is 0 Å². The topological polar surface area (TPSA) is 9.23 Å². The second kappa shape index (κ2) is 8.45. The van der Waals surface area contributed by atoms with Crippen molar-refractivity contribution in [2.24, 2.45) is 0 Å². The SMILES string of the molecule is Fc1ccc(OCc2c[c-]ccc2)c(F)c1F.[Br-].[Mg+2]. The van der Waals surface area contributed by atoms with E-state index in [4.69, 9.17) is 4.74 Å². The molecular formula is C13H8BrF3MgO. The van der Waals surface area contributed by atoms with Crippen LogP contribution in [0.25, 0.3) is 0 Å². The van der Waals surface area contributed by atoms with Crippen LogP contribution in [0, 0.1) is 23.5 Å². The molecule has 0 heterocycles. The Labute approximate surface area is 135 Å². The number of halogens is 4. The van der Waals surface area contributed by atoms with Gasteiger partial charge in [0.15, 0.2) is 17.4 Å². The van der Waals surface area contributed by atoms with Gasteiger partial charge in [-0.25, -0.2) is 8.78 Å². The van der Waals surface area contributed by atoms with Gasteiger partial charge in [0.25, 0.3) is 0 Å². The Morgan fingerprint density at radius 1 is 1.05 bits per heavy atom. The Bertz CT molecular complexity index is 523. The quantitative estimate of drug-likeness (QED) is 0.437. The van der Waals surface area contributed by atoms with Crippen LogP contribution < -0.4 is 21.7 Å². The van der Waals surface area contributed by atoms with Crippen molar-refractivity contribution in [1.29, 1.82) is 0 Å². The molecule has 6 heteroatoms. The molecule has 0 saturated carbocycles. The van der Waals surface area contributed by atoms with Crippen molar-refractivity contribution in [3.8, 4) is 5.75 Å². The molecule has 0 atom stereocenters. The van der Waals surface area contributed by atoms with Crippen LogP contribution in [0.4, 0.5) is 13.2 Å². The average Bonchev–Trinajstić information content (AvgIpc) is 2.36. The fourth-order valence-electron chi connectivity index (χ4n) is 1.30. The van der Waals surface area contributed by atoms with Crippen molar-refractivity contribution in [2.45, 2.75) is 6.61 Å². The summed E-state index contributed by atoms with van der Waals surface area (Å²) in [6, 6.07) is 11.6. The third-order valence-electron chi connectivity index (χ3n) is 2.17. The van der Waals surface area contributed by atoms with Crippen molar-refractivity contribution in [2.75, 3.05) is 0 Å². The number of ether oxygens (including phenoxy) is 1. The second-order valence-corrected chi connectivity index (χ2v) is 3.37. The van der Waals surface area contributed by atoms with E-state index in [1.807, 2.05) is 0 Å². The van der Waals surface area contributed by atoms with Crippen LogP contribution in [0.3, 0.4) is 0 Å². The van der Waals surface area contributed by atoms with E-state index in [1.165, 1.54) is 0 Å². The summed E-state index contributed by atoms with van der Waals surface area (Å²) in [5, 5.41) is 0. The zero-order valence-electron chi connectivity index (χ0n) is 9.80. The molecule has 19 heavy (non-hydrogen) atoms. The maximum absolute atomic E-state index is 13.2. The van der Waals surface area contributed by atoms with E-state index < -0.39 is 17.5 Å². The zero-order chi connectivity index (χ0) is 12.3. The maximum atomic E-state index is 13.2. The summed E-state index contributed by atoms with van der Waals surface area (Å²) in [4.78, 5) is 0. The van der Waals surface area contributed by atoms with Crippen molar-refractivity contribution < 1.29 is 34.9 Å². The van der Waals surface area contributed by atoms with Gasteiger partial charge in [-0.05, 0) is 12.1 Å². The molecule has 2 aromatic rings. The third-order valence-corrected chi connectivity index (χ3v) is 2.17. The van der Waals surface area contributed by atoms with Gasteiger partial charge < -0.3 is 21.7 Å². The minimum Gasteiger partial charge on any atom is -1.00 e. The molecule has 2 aromatic carbocycles. The molecule has 0 aliphatic carbocycles. The molecule has 0 saturated heterocycles. The molecule has 0 aliphatic rings. The van der Waals surface area contributed by atoms with E-state index >= 15 is 0 Å². The van der Waals surface area contributed by atoms with E-state index in [1.54, 1.807) is 24.3 Å². The van der Waals surface area contributed by atoms with Gasteiger partial charge in [-0.2, -0.15) is 34.7 Å². The van der Waals surface area contributed by atoms with Gasteiger partial charge in [0.2, 0.25) is 5.82 Å². The molecule has 0 amide bonds. The summed E-state index contributed by atoms with van der Waals surface area (Å²) in [5.74, 6) is -4.39. The van der Waals surface area contributed by atoms with Crippen LogP contribution in [0.5, 0.6) is 5.75 Å². The van der Waals surface area contributed by atoms with Crippen LogP contribution in [0.1, 0.15) is 5.56 Å². The summed E-state index contributed by atoms with van der Waals surface area (Å²) in [6.45, 7) is 0.0688. The molecule has 2 rings (SSSR count). The van der Waals surface area contributed by atoms with Crippen molar-refractivity contribution in [3.63, 3.8) is 0 Å². The van der Waals surface area contributed by atoms with Crippen LogP contribution in [-0.2, 0) is 6.61 Å². The first kappa shape index (κ1) is 18.3. The first-order valence-electron chi connectivity index (χ1n) is 4.90. The predicted molar refractivity (Wildman–Crippen MR) is 61.7 cm³/mol. The molecular weight excluding hydrogens is 333 g/mol. The van der Waals surface area contributed by atoms with Crippen LogP contribution in [0.2, 0.25) is 0 Å². The minimum atomic E-state index is -1.53. The van der Waals surface area contributed by atoms with Gasteiger partial charge in [-0.3, -0.25) is 0 Å². The Hall–Kier alpha value is -0.724. The maximum Gasteiger partial charge on any atom is 2.00 e.